The average Bonchev–Trinajstić information content (AvgIpc) is 2.90. The van der Waals surface area contributed by atoms with E-state index in [9.17, 15) is 19.2 Å². The Balaban J connectivity index is 1.61. The van der Waals surface area contributed by atoms with E-state index in [0.29, 0.717) is 28.9 Å². The average molecular weight is 379 g/mol. The lowest BCUT2D eigenvalue weighted by Gasteiger charge is -2.13. The first-order valence-electron chi connectivity index (χ1n) is 9.05. The fraction of sp³-hybridized carbons (Fsp3) is 0.238. The number of hydrogen-bond acceptors (Lipinski definition) is 4. The Morgan fingerprint density at radius 2 is 1.75 bits per heavy atom. The fourth-order valence-corrected chi connectivity index (χ4v) is 3.05. The largest absolute Gasteiger partial charge is 0.352 e. The molecule has 0 radical (unpaired) electrons. The van der Waals surface area contributed by atoms with Crippen molar-refractivity contribution in [2.45, 2.75) is 20.3 Å². The molecule has 0 aliphatic carbocycles. The number of fused-ring (bicyclic) bond motifs is 1. The van der Waals surface area contributed by atoms with Gasteiger partial charge in [-0.15, -0.1) is 0 Å². The zero-order valence-corrected chi connectivity index (χ0v) is 15.7. The Morgan fingerprint density at radius 1 is 1.00 bits per heavy atom. The monoisotopic (exact) mass is 379 g/mol. The van der Waals surface area contributed by atoms with Gasteiger partial charge >= 0.3 is 0 Å². The van der Waals surface area contributed by atoms with Gasteiger partial charge in [0.05, 0.1) is 11.1 Å². The Morgan fingerprint density at radius 3 is 2.50 bits per heavy atom. The highest BCUT2D eigenvalue weighted by Crippen LogP contribution is 2.24. The molecule has 0 unspecified atom stereocenters. The van der Waals surface area contributed by atoms with Crippen LogP contribution in [0.15, 0.2) is 42.5 Å². The molecule has 0 saturated heterocycles. The van der Waals surface area contributed by atoms with Crippen molar-refractivity contribution in [2.24, 2.45) is 0 Å². The third-order valence-electron chi connectivity index (χ3n) is 4.43. The third-order valence-corrected chi connectivity index (χ3v) is 4.43. The van der Waals surface area contributed by atoms with Gasteiger partial charge in [0, 0.05) is 30.8 Å². The molecule has 2 N–H and O–H groups in total. The molecule has 4 amide bonds. The highest BCUT2D eigenvalue weighted by Gasteiger charge is 2.35. The number of aryl methyl sites for hydroxylation is 1. The van der Waals surface area contributed by atoms with Crippen molar-refractivity contribution < 1.29 is 19.2 Å². The minimum atomic E-state index is -0.383. The summed E-state index contributed by atoms with van der Waals surface area (Å²) in [5, 5.41) is 5.39. The quantitative estimate of drug-likeness (QED) is 0.753. The van der Waals surface area contributed by atoms with Crippen LogP contribution in [0.25, 0.3) is 0 Å². The minimum absolute atomic E-state index is 0.00671. The van der Waals surface area contributed by atoms with E-state index in [4.69, 9.17) is 0 Å². The van der Waals surface area contributed by atoms with Crippen molar-refractivity contribution in [1.82, 2.24) is 10.2 Å². The molecule has 7 heteroatoms. The molecule has 1 aliphatic heterocycles. The van der Waals surface area contributed by atoms with E-state index in [2.05, 4.69) is 10.6 Å². The summed E-state index contributed by atoms with van der Waals surface area (Å²) in [6.07, 6.45) is -0.0319. The van der Waals surface area contributed by atoms with Crippen molar-refractivity contribution in [3.63, 3.8) is 0 Å². The molecule has 0 bridgehead atoms. The first-order valence-corrected chi connectivity index (χ1v) is 9.05. The number of amides is 4. The van der Waals surface area contributed by atoms with E-state index in [-0.39, 0.29) is 36.6 Å². The summed E-state index contributed by atoms with van der Waals surface area (Å²) in [6, 6.07) is 11.7. The van der Waals surface area contributed by atoms with Crippen LogP contribution in [0.2, 0.25) is 0 Å². The molecule has 0 spiro atoms. The maximum absolute atomic E-state index is 12.4. The van der Waals surface area contributed by atoms with Gasteiger partial charge in [0.15, 0.2) is 0 Å². The van der Waals surface area contributed by atoms with Crippen LogP contribution in [0.4, 0.5) is 5.69 Å². The third kappa shape index (κ3) is 3.93. The minimum Gasteiger partial charge on any atom is -0.352 e. The van der Waals surface area contributed by atoms with E-state index in [1.54, 1.807) is 42.5 Å². The summed E-state index contributed by atoms with van der Waals surface area (Å²) in [5.41, 5.74) is 2.55. The van der Waals surface area contributed by atoms with Crippen LogP contribution in [0, 0.1) is 6.92 Å². The maximum atomic E-state index is 12.4. The second-order valence-electron chi connectivity index (χ2n) is 6.55. The summed E-state index contributed by atoms with van der Waals surface area (Å²) in [6.45, 7) is 4.18. The highest BCUT2D eigenvalue weighted by atomic mass is 16.2. The molecule has 1 aliphatic rings. The topological polar surface area (TPSA) is 95.6 Å². The Labute approximate surface area is 162 Å². The standard InChI is InChI=1S/C21H21N3O4/c1-3-22-19(26)14-5-4-6-15(12-14)23-18(25)9-10-24-20(27)16-8-7-13(2)11-17(16)21(24)28/h4-8,11-12H,3,9-10H2,1-2H3,(H,22,26)(H,23,25). The van der Waals surface area contributed by atoms with E-state index < -0.39 is 0 Å². The molecule has 1 heterocycles. The van der Waals surface area contributed by atoms with Crippen molar-refractivity contribution in [3.05, 3.63) is 64.7 Å². The summed E-state index contributed by atoms with van der Waals surface area (Å²) in [4.78, 5) is 50.1. The molecule has 3 rings (SSSR count). The van der Waals surface area contributed by atoms with Crippen LogP contribution in [0.3, 0.4) is 0 Å². The predicted molar refractivity (Wildman–Crippen MR) is 104 cm³/mol. The summed E-state index contributed by atoms with van der Waals surface area (Å²) in [7, 11) is 0. The molecule has 144 valence electrons. The molecule has 7 nitrogen and oxygen atoms in total. The van der Waals surface area contributed by atoms with Gasteiger partial charge in [0.25, 0.3) is 17.7 Å². The molecule has 0 atom stereocenters. The highest BCUT2D eigenvalue weighted by molar-refractivity contribution is 6.21. The number of carbonyl (C=O) groups excluding carboxylic acids is 4. The molecule has 0 fully saturated rings. The first-order chi connectivity index (χ1) is 13.4. The lowest BCUT2D eigenvalue weighted by Crippen LogP contribution is -2.32. The molecule has 0 aromatic heterocycles. The zero-order chi connectivity index (χ0) is 20.3. The van der Waals surface area contributed by atoms with Crippen LogP contribution >= 0.6 is 0 Å². The first kappa shape index (κ1) is 19.3. The van der Waals surface area contributed by atoms with E-state index in [1.807, 2.05) is 13.8 Å². The number of carbonyl (C=O) groups is 4. The number of anilines is 1. The van der Waals surface area contributed by atoms with Crippen molar-refractivity contribution in [3.8, 4) is 0 Å². The van der Waals surface area contributed by atoms with Gasteiger partial charge in [-0.2, -0.15) is 0 Å². The lowest BCUT2D eigenvalue weighted by molar-refractivity contribution is -0.116. The van der Waals surface area contributed by atoms with Gasteiger partial charge in [-0.05, 0) is 44.2 Å². The van der Waals surface area contributed by atoms with Gasteiger partial charge in [-0.1, -0.05) is 17.7 Å². The van der Waals surface area contributed by atoms with Crippen LogP contribution in [0.5, 0.6) is 0 Å². The fourth-order valence-electron chi connectivity index (χ4n) is 3.05. The van der Waals surface area contributed by atoms with E-state index >= 15 is 0 Å². The van der Waals surface area contributed by atoms with E-state index in [0.717, 1.165) is 10.5 Å². The van der Waals surface area contributed by atoms with Gasteiger partial charge in [-0.3, -0.25) is 24.1 Å². The maximum Gasteiger partial charge on any atom is 0.261 e. The Kier molecular flexibility index (Phi) is 5.54. The second-order valence-corrected chi connectivity index (χ2v) is 6.55. The van der Waals surface area contributed by atoms with Gasteiger partial charge in [-0.25, -0.2) is 0 Å². The van der Waals surface area contributed by atoms with Gasteiger partial charge in [0.2, 0.25) is 5.91 Å². The number of nitrogens with zero attached hydrogens (tertiary/aromatic N) is 1. The van der Waals surface area contributed by atoms with Crippen molar-refractivity contribution in [2.75, 3.05) is 18.4 Å². The Bertz CT molecular complexity index is 968. The molecular formula is C21H21N3O4. The molecule has 2 aromatic carbocycles. The number of hydrogen-bond donors (Lipinski definition) is 2. The van der Waals surface area contributed by atoms with Crippen LogP contribution in [-0.2, 0) is 4.79 Å². The zero-order valence-electron chi connectivity index (χ0n) is 15.7. The number of benzene rings is 2. The summed E-state index contributed by atoms with van der Waals surface area (Å²) >= 11 is 0. The van der Waals surface area contributed by atoms with Gasteiger partial charge < -0.3 is 10.6 Å². The smallest absolute Gasteiger partial charge is 0.261 e. The SMILES string of the molecule is CCNC(=O)c1cccc(NC(=O)CCN2C(=O)c3ccc(C)cc3C2=O)c1. The van der Waals surface area contributed by atoms with Crippen LogP contribution in [-0.4, -0.2) is 41.6 Å². The van der Waals surface area contributed by atoms with E-state index in [1.165, 1.54) is 0 Å². The lowest BCUT2D eigenvalue weighted by atomic mass is 10.1. The van der Waals surface area contributed by atoms with Gasteiger partial charge in [0.1, 0.15) is 0 Å². The molecule has 28 heavy (non-hydrogen) atoms. The summed E-state index contributed by atoms with van der Waals surface area (Å²) < 4.78 is 0. The second kappa shape index (κ2) is 8.04. The van der Waals surface area contributed by atoms with Crippen LogP contribution < -0.4 is 10.6 Å². The number of rotatable bonds is 6. The summed E-state index contributed by atoms with van der Waals surface area (Å²) in [5.74, 6) is -1.33. The normalized spacial score (nSPS) is 12.7. The van der Waals surface area contributed by atoms with Crippen molar-refractivity contribution >= 4 is 29.3 Å². The Hall–Kier alpha value is -3.48. The number of imide groups is 1. The van der Waals surface area contributed by atoms with Crippen molar-refractivity contribution in [1.29, 1.82) is 0 Å². The molecule has 0 saturated carbocycles. The van der Waals surface area contributed by atoms with Crippen LogP contribution in [0.1, 0.15) is 50.0 Å². The predicted octanol–water partition coefficient (Wildman–Crippen LogP) is 2.37. The number of nitrogens with one attached hydrogen (secondary N) is 2. The molecule has 2 aromatic rings. The molecular weight excluding hydrogens is 358 g/mol.